The van der Waals surface area contributed by atoms with Crippen LogP contribution in [0, 0.1) is 18.8 Å². The summed E-state index contributed by atoms with van der Waals surface area (Å²) in [5.74, 6) is 2.16. The number of amides is 2. The number of piperidine rings is 1. The van der Waals surface area contributed by atoms with Crippen molar-refractivity contribution in [2.24, 2.45) is 11.8 Å². The summed E-state index contributed by atoms with van der Waals surface area (Å²) in [6.07, 6.45) is 5.13. The predicted molar refractivity (Wildman–Crippen MR) is 89.6 cm³/mol. The maximum absolute atomic E-state index is 12.7. The first-order valence-corrected chi connectivity index (χ1v) is 8.96. The SMILES string of the molecule is CC(=O)NC(C)C1CCN(C(=O)c2oc(CC3CC3)nc2C)CC1. The van der Waals surface area contributed by atoms with Crippen LogP contribution in [0.3, 0.4) is 0 Å². The number of nitrogens with zero attached hydrogens (tertiary/aromatic N) is 2. The fourth-order valence-electron chi connectivity index (χ4n) is 3.49. The molecule has 2 heterocycles. The second-order valence-corrected chi connectivity index (χ2v) is 7.29. The molecular weight excluding hydrogens is 306 g/mol. The summed E-state index contributed by atoms with van der Waals surface area (Å²) < 4.78 is 5.75. The summed E-state index contributed by atoms with van der Waals surface area (Å²) in [5.41, 5.74) is 0.699. The third kappa shape index (κ3) is 3.97. The number of hydrogen-bond donors (Lipinski definition) is 1. The van der Waals surface area contributed by atoms with Gasteiger partial charge >= 0.3 is 0 Å². The highest BCUT2D eigenvalue weighted by Crippen LogP contribution is 2.33. The zero-order valence-corrected chi connectivity index (χ0v) is 14.8. The minimum Gasteiger partial charge on any atom is -0.435 e. The van der Waals surface area contributed by atoms with Crippen molar-refractivity contribution < 1.29 is 14.0 Å². The largest absolute Gasteiger partial charge is 0.435 e. The van der Waals surface area contributed by atoms with Gasteiger partial charge in [-0.05, 0) is 51.4 Å². The summed E-state index contributed by atoms with van der Waals surface area (Å²) in [6, 6.07) is 0.150. The fourth-order valence-corrected chi connectivity index (χ4v) is 3.49. The molecule has 0 bridgehead atoms. The lowest BCUT2D eigenvalue weighted by molar-refractivity contribution is -0.120. The number of carbonyl (C=O) groups excluding carboxylic acids is 2. The zero-order valence-electron chi connectivity index (χ0n) is 14.8. The van der Waals surface area contributed by atoms with Gasteiger partial charge < -0.3 is 14.6 Å². The lowest BCUT2D eigenvalue weighted by Crippen LogP contribution is -2.45. The molecule has 0 radical (unpaired) electrons. The van der Waals surface area contributed by atoms with E-state index in [1.807, 2.05) is 18.7 Å². The summed E-state index contributed by atoms with van der Waals surface area (Å²) in [6.45, 7) is 6.82. The first-order valence-electron chi connectivity index (χ1n) is 8.96. The van der Waals surface area contributed by atoms with Crippen LogP contribution in [0.25, 0.3) is 0 Å². The second-order valence-electron chi connectivity index (χ2n) is 7.29. The van der Waals surface area contributed by atoms with Crippen LogP contribution in [-0.2, 0) is 11.2 Å². The summed E-state index contributed by atoms with van der Waals surface area (Å²) >= 11 is 0. The van der Waals surface area contributed by atoms with E-state index in [1.165, 1.54) is 12.8 Å². The van der Waals surface area contributed by atoms with Crippen LogP contribution in [0.15, 0.2) is 4.42 Å². The van der Waals surface area contributed by atoms with E-state index in [2.05, 4.69) is 10.3 Å². The maximum atomic E-state index is 12.7. The Hall–Kier alpha value is -1.85. The topological polar surface area (TPSA) is 75.4 Å². The third-order valence-corrected chi connectivity index (χ3v) is 5.16. The van der Waals surface area contributed by atoms with Gasteiger partial charge in [-0.2, -0.15) is 0 Å². The lowest BCUT2D eigenvalue weighted by atomic mass is 9.90. The molecule has 0 spiro atoms. The molecule has 1 aliphatic carbocycles. The predicted octanol–water partition coefficient (Wildman–Crippen LogP) is 2.31. The molecule has 1 unspecified atom stereocenters. The molecule has 132 valence electrons. The maximum Gasteiger partial charge on any atom is 0.291 e. The minimum absolute atomic E-state index is 0.00137. The van der Waals surface area contributed by atoms with Crippen LogP contribution >= 0.6 is 0 Å². The van der Waals surface area contributed by atoms with Gasteiger partial charge in [0.1, 0.15) is 0 Å². The number of nitrogens with one attached hydrogen (secondary N) is 1. The number of carbonyl (C=O) groups is 2. The van der Waals surface area contributed by atoms with Crippen molar-refractivity contribution >= 4 is 11.8 Å². The van der Waals surface area contributed by atoms with E-state index in [0.717, 1.165) is 19.3 Å². The second kappa shape index (κ2) is 6.95. The zero-order chi connectivity index (χ0) is 17.3. The lowest BCUT2D eigenvalue weighted by Gasteiger charge is -2.34. The van der Waals surface area contributed by atoms with Gasteiger partial charge in [0.25, 0.3) is 5.91 Å². The van der Waals surface area contributed by atoms with Crippen LogP contribution in [0.5, 0.6) is 0 Å². The van der Waals surface area contributed by atoms with Crippen molar-refractivity contribution in [1.82, 2.24) is 15.2 Å². The molecule has 1 saturated carbocycles. The molecule has 2 aliphatic rings. The first kappa shape index (κ1) is 17.0. The van der Waals surface area contributed by atoms with Crippen LogP contribution in [0.1, 0.15) is 61.7 Å². The van der Waals surface area contributed by atoms with E-state index in [-0.39, 0.29) is 17.9 Å². The Morgan fingerprint density at radius 2 is 1.96 bits per heavy atom. The van der Waals surface area contributed by atoms with Crippen LogP contribution < -0.4 is 5.32 Å². The van der Waals surface area contributed by atoms with Crippen LogP contribution in [0.2, 0.25) is 0 Å². The Morgan fingerprint density at radius 1 is 1.29 bits per heavy atom. The third-order valence-electron chi connectivity index (χ3n) is 5.16. The van der Waals surface area contributed by atoms with E-state index < -0.39 is 0 Å². The van der Waals surface area contributed by atoms with E-state index in [1.54, 1.807) is 6.92 Å². The Kier molecular flexibility index (Phi) is 4.92. The Balaban J connectivity index is 1.56. The van der Waals surface area contributed by atoms with Crippen LogP contribution in [-0.4, -0.2) is 40.8 Å². The molecule has 0 aromatic carbocycles. The molecule has 1 N–H and O–H groups in total. The van der Waals surface area contributed by atoms with Crippen LogP contribution in [0.4, 0.5) is 0 Å². The smallest absolute Gasteiger partial charge is 0.291 e. The molecule has 3 rings (SSSR count). The average molecular weight is 333 g/mol. The molecule has 1 saturated heterocycles. The molecule has 1 aromatic rings. The number of hydrogen-bond acceptors (Lipinski definition) is 4. The van der Waals surface area contributed by atoms with E-state index >= 15 is 0 Å². The Morgan fingerprint density at radius 3 is 2.54 bits per heavy atom. The van der Waals surface area contributed by atoms with E-state index in [0.29, 0.717) is 42.3 Å². The minimum atomic E-state index is -0.0484. The highest BCUT2D eigenvalue weighted by atomic mass is 16.4. The number of aryl methyl sites for hydroxylation is 1. The number of aromatic nitrogens is 1. The molecule has 2 fully saturated rings. The van der Waals surface area contributed by atoms with Crippen molar-refractivity contribution in [3.63, 3.8) is 0 Å². The summed E-state index contributed by atoms with van der Waals surface area (Å²) in [5, 5.41) is 2.95. The van der Waals surface area contributed by atoms with Gasteiger partial charge in [0.2, 0.25) is 11.7 Å². The first-order chi connectivity index (χ1) is 11.4. The normalized spacial score (nSPS) is 20.0. The molecule has 1 atom stereocenters. The molecule has 1 aromatic heterocycles. The molecule has 24 heavy (non-hydrogen) atoms. The van der Waals surface area contributed by atoms with E-state index in [4.69, 9.17) is 4.42 Å². The van der Waals surface area contributed by atoms with Crippen molar-refractivity contribution in [3.8, 4) is 0 Å². The molecule has 6 heteroatoms. The number of likely N-dealkylation sites (tertiary alicyclic amines) is 1. The van der Waals surface area contributed by atoms with Crippen molar-refractivity contribution in [2.75, 3.05) is 13.1 Å². The van der Waals surface area contributed by atoms with Crippen molar-refractivity contribution in [2.45, 2.75) is 58.9 Å². The molecule has 6 nitrogen and oxygen atoms in total. The number of oxazole rings is 1. The fraction of sp³-hybridized carbons (Fsp3) is 0.722. The summed E-state index contributed by atoms with van der Waals surface area (Å²) in [4.78, 5) is 30.2. The van der Waals surface area contributed by atoms with Gasteiger partial charge in [-0.3, -0.25) is 9.59 Å². The Bertz CT molecular complexity index is 613. The van der Waals surface area contributed by atoms with Gasteiger partial charge in [-0.1, -0.05) is 0 Å². The van der Waals surface area contributed by atoms with Gasteiger partial charge in [0.05, 0.1) is 5.69 Å². The molecule has 2 amide bonds. The van der Waals surface area contributed by atoms with Gasteiger partial charge in [-0.25, -0.2) is 4.98 Å². The monoisotopic (exact) mass is 333 g/mol. The highest BCUT2D eigenvalue weighted by molar-refractivity contribution is 5.92. The standard InChI is InChI=1S/C18H27N3O3/c1-11(19-13(3)22)15-6-8-21(9-7-15)18(23)17-12(2)20-16(24-17)10-14-4-5-14/h11,14-15H,4-10H2,1-3H3,(H,19,22). The number of rotatable bonds is 5. The van der Waals surface area contributed by atoms with Gasteiger partial charge in [0.15, 0.2) is 5.89 Å². The average Bonchev–Trinajstić information content (AvgIpc) is 3.27. The van der Waals surface area contributed by atoms with Crippen molar-refractivity contribution in [3.05, 3.63) is 17.3 Å². The molecular formula is C18H27N3O3. The van der Waals surface area contributed by atoms with Gasteiger partial charge in [0, 0.05) is 32.5 Å². The Labute approximate surface area is 143 Å². The highest BCUT2D eigenvalue weighted by Gasteiger charge is 2.31. The van der Waals surface area contributed by atoms with Gasteiger partial charge in [-0.15, -0.1) is 0 Å². The van der Waals surface area contributed by atoms with Crippen molar-refractivity contribution in [1.29, 1.82) is 0 Å². The molecule has 1 aliphatic heterocycles. The van der Waals surface area contributed by atoms with E-state index in [9.17, 15) is 9.59 Å². The summed E-state index contributed by atoms with van der Waals surface area (Å²) in [7, 11) is 0. The quantitative estimate of drug-likeness (QED) is 0.897.